The van der Waals surface area contributed by atoms with Crippen molar-refractivity contribution in [2.45, 2.75) is 27.7 Å². The second-order valence-electron chi connectivity index (χ2n) is 4.87. The summed E-state index contributed by atoms with van der Waals surface area (Å²) in [7, 11) is 0. The van der Waals surface area contributed by atoms with Crippen molar-refractivity contribution in [3.05, 3.63) is 10.9 Å². The molecule has 1 aromatic heterocycles. The summed E-state index contributed by atoms with van der Waals surface area (Å²) in [4.78, 5) is 15.0. The lowest BCUT2D eigenvalue weighted by Gasteiger charge is -2.17. The lowest BCUT2D eigenvalue weighted by molar-refractivity contribution is 0.0944. The van der Waals surface area contributed by atoms with Crippen LogP contribution in [0.25, 0.3) is 0 Å². The molecule has 5 heteroatoms. The van der Waals surface area contributed by atoms with E-state index in [2.05, 4.69) is 24.1 Å². The SMILES string of the molecule is CCN(CC)CCNc1cc(N)c(C(=O)C(C)C)s1. The molecule has 0 saturated heterocycles. The largest absolute Gasteiger partial charge is 0.397 e. The quantitative estimate of drug-likeness (QED) is 0.720. The van der Waals surface area contributed by atoms with Gasteiger partial charge in [-0.1, -0.05) is 27.7 Å². The first-order chi connectivity index (χ1) is 8.99. The van der Waals surface area contributed by atoms with E-state index in [0.29, 0.717) is 10.6 Å². The number of Topliss-reactive ketones (excluding diaryl/α,β-unsaturated/α-hetero) is 1. The second-order valence-corrected chi connectivity index (χ2v) is 5.92. The zero-order valence-corrected chi connectivity index (χ0v) is 13.1. The molecule has 0 aliphatic heterocycles. The van der Waals surface area contributed by atoms with E-state index in [9.17, 15) is 4.79 Å². The van der Waals surface area contributed by atoms with Gasteiger partial charge in [-0.15, -0.1) is 11.3 Å². The summed E-state index contributed by atoms with van der Waals surface area (Å²) in [5.41, 5.74) is 6.49. The van der Waals surface area contributed by atoms with Crippen molar-refractivity contribution in [1.82, 2.24) is 4.90 Å². The molecule has 0 aliphatic rings. The molecule has 0 aliphatic carbocycles. The van der Waals surface area contributed by atoms with Gasteiger partial charge in [0.25, 0.3) is 0 Å². The number of nitrogen functional groups attached to an aromatic ring is 1. The Labute approximate surface area is 120 Å². The van der Waals surface area contributed by atoms with Crippen molar-refractivity contribution < 1.29 is 4.79 Å². The molecule has 0 bridgehead atoms. The third-order valence-electron chi connectivity index (χ3n) is 3.13. The molecule has 0 aromatic carbocycles. The van der Waals surface area contributed by atoms with Crippen molar-refractivity contribution in [2.75, 3.05) is 37.2 Å². The summed E-state index contributed by atoms with van der Waals surface area (Å²) in [5.74, 6) is 0.115. The Morgan fingerprint density at radius 2 is 2.05 bits per heavy atom. The van der Waals surface area contributed by atoms with Crippen molar-refractivity contribution >= 4 is 27.8 Å². The minimum Gasteiger partial charge on any atom is -0.397 e. The van der Waals surface area contributed by atoms with Gasteiger partial charge < -0.3 is 16.0 Å². The molecular weight excluding hydrogens is 258 g/mol. The van der Waals surface area contributed by atoms with Crippen LogP contribution in [0.15, 0.2) is 6.07 Å². The van der Waals surface area contributed by atoms with Crippen LogP contribution in [0, 0.1) is 5.92 Å². The molecule has 1 rings (SSSR count). The highest BCUT2D eigenvalue weighted by Gasteiger charge is 2.17. The number of carbonyl (C=O) groups is 1. The highest BCUT2D eigenvalue weighted by Crippen LogP contribution is 2.30. The Kier molecular flexibility index (Phi) is 6.31. The predicted molar refractivity (Wildman–Crippen MR) is 84.2 cm³/mol. The number of nitrogens with one attached hydrogen (secondary N) is 1. The fourth-order valence-corrected chi connectivity index (χ4v) is 2.92. The molecule has 1 aromatic rings. The number of ketones is 1. The van der Waals surface area contributed by atoms with Crippen LogP contribution in [0.3, 0.4) is 0 Å². The standard InChI is InChI=1S/C14H25N3OS/c1-5-17(6-2)8-7-16-12-9-11(15)14(19-12)13(18)10(3)4/h9-10,16H,5-8,15H2,1-4H3. The van der Waals surface area contributed by atoms with Crippen molar-refractivity contribution in [3.8, 4) is 0 Å². The summed E-state index contributed by atoms with van der Waals surface area (Å²) >= 11 is 1.46. The highest BCUT2D eigenvalue weighted by molar-refractivity contribution is 7.18. The molecule has 19 heavy (non-hydrogen) atoms. The number of nitrogens with two attached hydrogens (primary N) is 1. The Morgan fingerprint density at radius 1 is 1.42 bits per heavy atom. The number of rotatable bonds is 8. The first-order valence-electron chi connectivity index (χ1n) is 6.89. The van der Waals surface area contributed by atoms with Crippen LogP contribution in [0.2, 0.25) is 0 Å². The molecule has 4 nitrogen and oxygen atoms in total. The minimum absolute atomic E-state index is 0.00975. The van der Waals surface area contributed by atoms with Crippen LogP contribution in [0.1, 0.15) is 37.4 Å². The normalized spacial score (nSPS) is 11.3. The maximum atomic E-state index is 11.9. The molecule has 0 spiro atoms. The number of likely N-dealkylation sites (N-methyl/N-ethyl adjacent to an activating group) is 1. The summed E-state index contributed by atoms with van der Waals surface area (Å²) < 4.78 is 0. The lowest BCUT2D eigenvalue weighted by Crippen LogP contribution is -2.28. The van der Waals surface area contributed by atoms with Gasteiger partial charge in [0.15, 0.2) is 5.78 Å². The zero-order valence-electron chi connectivity index (χ0n) is 12.3. The average Bonchev–Trinajstić information content (AvgIpc) is 2.74. The van der Waals surface area contributed by atoms with Gasteiger partial charge in [-0.2, -0.15) is 0 Å². The van der Waals surface area contributed by atoms with Crippen LogP contribution in [-0.2, 0) is 0 Å². The van der Waals surface area contributed by atoms with E-state index in [0.717, 1.165) is 31.2 Å². The van der Waals surface area contributed by atoms with Gasteiger partial charge >= 0.3 is 0 Å². The van der Waals surface area contributed by atoms with E-state index in [-0.39, 0.29) is 11.7 Å². The first kappa shape index (κ1) is 16.0. The molecule has 0 fully saturated rings. The molecule has 0 unspecified atom stereocenters. The highest BCUT2D eigenvalue weighted by atomic mass is 32.1. The molecule has 0 radical (unpaired) electrons. The van der Waals surface area contributed by atoms with E-state index >= 15 is 0 Å². The molecule has 1 heterocycles. The van der Waals surface area contributed by atoms with Gasteiger partial charge in [0, 0.05) is 19.0 Å². The van der Waals surface area contributed by atoms with Gasteiger partial charge in [-0.3, -0.25) is 4.79 Å². The van der Waals surface area contributed by atoms with E-state index < -0.39 is 0 Å². The summed E-state index contributed by atoms with van der Waals surface area (Å²) in [6.07, 6.45) is 0. The number of thiophene rings is 1. The Hall–Kier alpha value is -1.07. The second kappa shape index (κ2) is 7.50. The number of nitrogens with zero attached hydrogens (tertiary/aromatic N) is 1. The minimum atomic E-state index is -0.00975. The number of hydrogen-bond donors (Lipinski definition) is 2. The third kappa shape index (κ3) is 4.51. The molecule has 0 saturated carbocycles. The van der Waals surface area contributed by atoms with Crippen molar-refractivity contribution in [1.29, 1.82) is 0 Å². The molecule has 0 amide bonds. The maximum Gasteiger partial charge on any atom is 0.177 e. The van der Waals surface area contributed by atoms with E-state index in [4.69, 9.17) is 5.73 Å². The maximum absolute atomic E-state index is 11.9. The van der Waals surface area contributed by atoms with Gasteiger partial charge in [-0.25, -0.2) is 0 Å². The lowest BCUT2D eigenvalue weighted by atomic mass is 10.1. The topological polar surface area (TPSA) is 58.4 Å². The predicted octanol–water partition coefficient (Wildman–Crippen LogP) is 2.92. The van der Waals surface area contributed by atoms with E-state index in [1.165, 1.54) is 11.3 Å². The molecular formula is C14H25N3OS. The van der Waals surface area contributed by atoms with Crippen LogP contribution in [-0.4, -0.2) is 36.9 Å². The monoisotopic (exact) mass is 283 g/mol. The Balaban J connectivity index is 2.57. The summed E-state index contributed by atoms with van der Waals surface area (Å²) in [6, 6.07) is 1.86. The average molecular weight is 283 g/mol. The molecule has 0 atom stereocenters. The summed E-state index contributed by atoms with van der Waals surface area (Å²) in [6.45, 7) is 12.1. The molecule has 108 valence electrons. The first-order valence-corrected chi connectivity index (χ1v) is 7.70. The van der Waals surface area contributed by atoms with Crippen LogP contribution in [0.4, 0.5) is 10.7 Å². The van der Waals surface area contributed by atoms with Gasteiger partial charge in [0.05, 0.1) is 15.6 Å². The van der Waals surface area contributed by atoms with Gasteiger partial charge in [0.2, 0.25) is 0 Å². The number of anilines is 2. The zero-order chi connectivity index (χ0) is 14.4. The van der Waals surface area contributed by atoms with Gasteiger partial charge in [-0.05, 0) is 19.2 Å². The number of carbonyl (C=O) groups excluding carboxylic acids is 1. The van der Waals surface area contributed by atoms with E-state index in [1.807, 2.05) is 19.9 Å². The molecule has 3 N–H and O–H groups in total. The fraction of sp³-hybridized carbons (Fsp3) is 0.643. The van der Waals surface area contributed by atoms with Crippen LogP contribution >= 0.6 is 11.3 Å². The Morgan fingerprint density at radius 3 is 2.58 bits per heavy atom. The van der Waals surface area contributed by atoms with Crippen LogP contribution in [0.5, 0.6) is 0 Å². The van der Waals surface area contributed by atoms with Crippen molar-refractivity contribution in [3.63, 3.8) is 0 Å². The Bertz CT molecular complexity index is 411. The number of hydrogen-bond acceptors (Lipinski definition) is 5. The smallest absolute Gasteiger partial charge is 0.177 e. The van der Waals surface area contributed by atoms with E-state index in [1.54, 1.807) is 0 Å². The fourth-order valence-electron chi connectivity index (χ4n) is 1.82. The van der Waals surface area contributed by atoms with Gasteiger partial charge in [0.1, 0.15) is 0 Å². The third-order valence-corrected chi connectivity index (χ3v) is 4.25. The summed E-state index contributed by atoms with van der Waals surface area (Å²) in [5, 5.41) is 4.32. The van der Waals surface area contributed by atoms with Crippen molar-refractivity contribution in [2.24, 2.45) is 5.92 Å². The van der Waals surface area contributed by atoms with Crippen LogP contribution < -0.4 is 11.1 Å².